The lowest BCUT2D eigenvalue weighted by Gasteiger charge is -2.13. The summed E-state index contributed by atoms with van der Waals surface area (Å²) >= 11 is 5.97. The number of amides is 1. The molecule has 0 aliphatic carbocycles. The first-order valence-corrected chi connectivity index (χ1v) is 6.89. The molecular formula is C16H17ClN2O2. The number of anilines is 2. The zero-order valence-electron chi connectivity index (χ0n) is 11.9. The molecule has 110 valence electrons. The van der Waals surface area contributed by atoms with Gasteiger partial charge >= 0.3 is 0 Å². The third kappa shape index (κ3) is 3.74. The second-order valence-electron chi connectivity index (χ2n) is 4.48. The molecule has 0 fully saturated rings. The summed E-state index contributed by atoms with van der Waals surface area (Å²) < 4.78 is 5.14. The van der Waals surface area contributed by atoms with Crippen LogP contribution in [-0.4, -0.2) is 20.1 Å². The van der Waals surface area contributed by atoms with Gasteiger partial charge in [-0.05, 0) is 24.3 Å². The van der Waals surface area contributed by atoms with Gasteiger partial charge in [-0.3, -0.25) is 4.79 Å². The fourth-order valence-corrected chi connectivity index (χ4v) is 2.21. The summed E-state index contributed by atoms with van der Waals surface area (Å²) in [6, 6.07) is 12.7. The maximum atomic E-state index is 12.5. The Hall–Kier alpha value is -2.04. The van der Waals surface area contributed by atoms with Gasteiger partial charge in [-0.25, -0.2) is 0 Å². The van der Waals surface area contributed by atoms with Gasteiger partial charge in [0.25, 0.3) is 5.91 Å². The van der Waals surface area contributed by atoms with Crippen molar-refractivity contribution < 1.29 is 9.53 Å². The number of methoxy groups -OCH3 is 1. The quantitative estimate of drug-likeness (QED) is 0.884. The van der Waals surface area contributed by atoms with Crippen molar-refractivity contribution in [3.8, 4) is 0 Å². The van der Waals surface area contributed by atoms with Gasteiger partial charge in [0.1, 0.15) is 0 Å². The Labute approximate surface area is 129 Å². The van der Waals surface area contributed by atoms with Crippen molar-refractivity contribution in [2.24, 2.45) is 0 Å². The van der Waals surface area contributed by atoms with E-state index >= 15 is 0 Å². The third-order valence-electron chi connectivity index (χ3n) is 3.06. The zero-order chi connectivity index (χ0) is 15.2. The molecule has 4 nitrogen and oxygen atoms in total. The van der Waals surface area contributed by atoms with E-state index in [-0.39, 0.29) is 5.91 Å². The number of ether oxygens (including phenoxy) is 1. The molecule has 0 heterocycles. The second kappa shape index (κ2) is 7.11. The van der Waals surface area contributed by atoms with Gasteiger partial charge in [-0.2, -0.15) is 0 Å². The molecule has 2 aromatic rings. The van der Waals surface area contributed by atoms with Crippen LogP contribution in [0.5, 0.6) is 0 Å². The smallest absolute Gasteiger partial charge is 0.257 e. The molecule has 0 bridgehead atoms. The number of rotatable bonds is 5. The molecule has 2 rings (SSSR count). The van der Waals surface area contributed by atoms with E-state index in [2.05, 4.69) is 10.6 Å². The Morgan fingerprint density at radius 1 is 1.19 bits per heavy atom. The third-order valence-corrected chi connectivity index (χ3v) is 3.30. The van der Waals surface area contributed by atoms with Crippen LogP contribution >= 0.6 is 11.6 Å². The van der Waals surface area contributed by atoms with Gasteiger partial charge in [0, 0.05) is 36.1 Å². The predicted molar refractivity (Wildman–Crippen MR) is 86.1 cm³/mol. The topological polar surface area (TPSA) is 50.4 Å². The molecule has 0 aromatic heterocycles. The molecule has 5 heteroatoms. The van der Waals surface area contributed by atoms with E-state index in [0.29, 0.717) is 17.2 Å². The first-order valence-electron chi connectivity index (χ1n) is 6.51. The molecule has 0 radical (unpaired) electrons. The van der Waals surface area contributed by atoms with Crippen LogP contribution in [0.1, 0.15) is 15.9 Å². The highest BCUT2D eigenvalue weighted by atomic mass is 35.5. The second-order valence-corrected chi connectivity index (χ2v) is 4.92. The summed E-state index contributed by atoms with van der Waals surface area (Å²) in [5.41, 5.74) is 2.87. The van der Waals surface area contributed by atoms with E-state index in [1.807, 2.05) is 24.3 Å². The number of carbonyl (C=O) groups excluding carboxylic acids is 1. The van der Waals surface area contributed by atoms with Crippen LogP contribution < -0.4 is 10.6 Å². The highest BCUT2D eigenvalue weighted by molar-refractivity contribution is 6.31. The number of hydrogen-bond acceptors (Lipinski definition) is 3. The summed E-state index contributed by atoms with van der Waals surface area (Å²) in [6.45, 7) is 0.435. The number of hydrogen-bond donors (Lipinski definition) is 2. The van der Waals surface area contributed by atoms with Crippen LogP contribution in [-0.2, 0) is 11.3 Å². The lowest BCUT2D eigenvalue weighted by Crippen LogP contribution is -2.15. The normalized spacial score (nSPS) is 10.2. The van der Waals surface area contributed by atoms with Crippen LogP contribution in [0.4, 0.5) is 11.4 Å². The summed E-state index contributed by atoms with van der Waals surface area (Å²) in [6.07, 6.45) is 0. The number of halogens is 1. The minimum Gasteiger partial charge on any atom is -0.387 e. The van der Waals surface area contributed by atoms with E-state index < -0.39 is 0 Å². The van der Waals surface area contributed by atoms with E-state index in [0.717, 1.165) is 16.9 Å². The van der Waals surface area contributed by atoms with Crippen molar-refractivity contribution in [1.29, 1.82) is 0 Å². The molecule has 2 aromatic carbocycles. The van der Waals surface area contributed by atoms with Crippen LogP contribution in [0.25, 0.3) is 0 Å². The Morgan fingerprint density at radius 2 is 1.95 bits per heavy atom. The molecule has 0 atom stereocenters. The van der Waals surface area contributed by atoms with Gasteiger partial charge < -0.3 is 15.4 Å². The maximum Gasteiger partial charge on any atom is 0.257 e. The van der Waals surface area contributed by atoms with Crippen molar-refractivity contribution in [2.45, 2.75) is 6.61 Å². The molecule has 0 unspecified atom stereocenters. The van der Waals surface area contributed by atoms with Crippen molar-refractivity contribution >= 4 is 28.9 Å². The molecule has 0 aliphatic heterocycles. The fourth-order valence-electron chi connectivity index (χ4n) is 2.04. The lowest BCUT2D eigenvalue weighted by atomic mass is 10.1. The van der Waals surface area contributed by atoms with Gasteiger partial charge in [0.15, 0.2) is 0 Å². The van der Waals surface area contributed by atoms with Crippen LogP contribution in [0.2, 0.25) is 5.02 Å². The van der Waals surface area contributed by atoms with E-state index in [1.165, 1.54) is 0 Å². The Morgan fingerprint density at radius 3 is 2.67 bits per heavy atom. The predicted octanol–water partition coefficient (Wildman–Crippen LogP) is 3.78. The van der Waals surface area contributed by atoms with Gasteiger partial charge in [-0.1, -0.05) is 29.8 Å². The van der Waals surface area contributed by atoms with Crippen molar-refractivity contribution in [1.82, 2.24) is 0 Å². The van der Waals surface area contributed by atoms with Gasteiger partial charge in [0.05, 0.1) is 12.2 Å². The first kappa shape index (κ1) is 15.4. The summed E-state index contributed by atoms with van der Waals surface area (Å²) in [5.74, 6) is -0.217. The average Bonchev–Trinajstić information content (AvgIpc) is 2.49. The minimum absolute atomic E-state index is 0.217. The van der Waals surface area contributed by atoms with Gasteiger partial charge in [-0.15, -0.1) is 0 Å². The number of para-hydroxylation sites is 1. The number of carbonyl (C=O) groups is 1. The molecule has 0 saturated heterocycles. The summed E-state index contributed by atoms with van der Waals surface area (Å²) in [4.78, 5) is 12.5. The monoisotopic (exact) mass is 304 g/mol. The molecule has 2 N–H and O–H groups in total. The van der Waals surface area contributed by atoms with Crippen molar-refractivity contribution in [3.05, 3.63) is 58.6 Å². The minimum atomic E-state index is -0.217. The van der Waals surface area contributed by atoms with Crippen LogP contribution in [0, 0.1) is 0 Å². The molecule has 0 saturated carbocycles. The van der Waals surface area contributed by atoms with Crippen molar-refractivity contribution in [3.63, 3.8) is 0 Å². The van der Waals surface area contributed by atoms with E-state index in [1.54, 1.807) is 32.4 Å². The van der Waals surface area contributed by atoms with Crippen molar-refractivity contribution in [2.75, 3.05) is 24.8 Å². The largest absolute Gasteiger partial charge is 0.387 e. The Kier molecular flexibility index (Phi) is 5.20. The standard InChI is InChI=1S/C16H17ClN2O2/c1-18-15-8-7-12(17)9-13(15)16(20)19-14-6-4-3-5-11(14)10-21-2/h3-9,18H,10H2,1-2H3,(H,19,20). The average molecular weight is 305 g/mol. The Balaban J connectivity index is 2.28. The van der Waals surface area contributed by atoms with E-state index in [9.17, 15) is 4.79 Å². The number of nitrogens with one attached hydrogen (secondary N) is 2. The molecule has 0 aliphatic rings. The lowest BCUT2D eigenvalue weighted by molar-refractivity contribution is 0.102. The Bertz CT molecular complexity index is 644. The maximum absolute atomic E-state index is 12.5. The fraction of sp³-hybridized carbons (Fsp3) is 0.188. The molecule has 1 amide bonds. The van der Waals surface area contributed by atoms with E-state index in [4.69, 9.17) is 16.3 Å². The van der Waals surface area contributed by atoms with Crippen LogP contribution in [0.15, 0.2) is 42.5 Å². The zero-order valence-corrected chi connectivity index (χ0v) is 12.7. The number of benzene rings is 2. The highest BCUT2D eigenvalue weighted by Crippen LogP contribution is 2.23. The van der Waals surface area contributed by atoms with Crippen LogP contribution in [0.3, 0.4) is 0 Å². The molecule has 21 heavy (non-hydrogen) atoms. The first-order chi connectivity index (χ1) is 10.2. The van der Waals surface area contributed by atoms with Gasteiger partial charge in [0.2, 0.25) is 0 Å². The summed E-state index contributed by atoms with van der Waals surface area (Å²) in [7, 11) is 3.38. The SMILES string of the molecule is CNc1ccc(Cl)cc1C(=O)Nc1ccccc1COC. The highest BCUT2D eigenvalue weighted by Gasteiger charge is 2.13. The molecular weight excluding hydrogens is 288 g/mol. The molecule has 0 spiro atoms. The summed E-state index contributed by atoms with van der Waals surface area (Å²) in [5, 5.41) is 6.40.